The summed E-state index contributed by atoms with van der Waals surface area (Å²) in [6.07, 6.45) is 5.01. The van der Waals surface area contributed by atoms with Gasteiger partial charge in [-0.3, -0.25) is 4.98 Å². The largest absolute Gasteiger partial charge is 0.422 e. The molecule has 1 aliphatic heterocycles. The SMILES string of the molecule is CNc1cc(F)cc2c1[nH]c1nc(Oc3cncc(Cl)c3)nc(N3C[C@@H]4CC3C[C@@H]4N)c12. The van der Waals surface area contributed by atoms with Crippen molar-refractivity contribution < 1.29 is 9.13 Å². The molecule has 0 spiro atoms. The molecule has 2 fully saturated rings. The van der Waals surface area contributed by atoms with E-state index in [-0.39, 0.29) is 23.9 Å². The smallest absolute Gasteiger partial charge is 0.326 e. The number of nitrogens with two attached hydrogens (primary N) is 1. The predicted molar refractivity (Wildman–Crippen MR) is 122 cm³/mol. The molecule has 8 nitrogen and oxygen atoms in total. The highest BCUT2D eigenvalue weighted by Crippen LogP contribution is 2.44. The van der Waals surface area contributed by atoms with E-state index in [2.05, 4.69) is 25.2 Å². The highest BCUT2D eigenvalue weighted by atomic mass is 35.5. The maximum absolute atomic E-state index is 14.4. The standard InChI is InChI=1S/C22H21ClFN7O/c1-26-17-5-12(24)4-15-18-20(28-19(15)17)29-22(32-14-3-11(23)7-27-8-14)30-21(18)31-9-10-2-13(31)6-16(10)25/h3-5,7-8,10,13,16,26H,2,6,9,25H2,1H3,(H,28,29,30)/t10-,13?,16-/m0/s1. The molecule has 0 amide bonds. The van der Waals surface area contributed by atoms with Crippen molar-refractivity contribution in [3.63, 3.8) is 0 Å². The van der Waals surface area contributed by atoms with Gasteiger partial charge in [0.25, 0.3) is 0 Å². The van der Waals surface area contributed by atoms with Crippen molar-refractivity contribution in [1.29, 1.82) is 0 Å². The molecular weight excluding hydrogens is 433 g/mol. The molecule has 1 unspecified atom stereocenters. The molecule has 1 saturated heterocycles. The Morgan fingerprint density at radius 3 is 2.84 bits per heavy atom. The Morgan fingerprint density at radius 2 is 2.12 bits per heavy atom. The van der Waals surface area contributed by atoms with Crippen LogP contribution in [0, 0.1) is 11.7 Å². The fourth-order valence-corrected chi connectivity index (χ4v) is 5.25. The molecule has 2 bridgehead atoms. The third-order valence-corrected chi connectivity index (χ3v) is 6.72. The molecule has 10 heteroatoms. The molecule has 4 N–H and O–H groups in total. The van der Waals surface area contributed by atoms with Crippen LogP contribution in [0.1, 0.15) is 12.8 Å². The number of fused-ring (bicyclic) bond motifs is 5. The van der Waals surface area contributed by atoms with Crippen molar-refractivity contribution in [3.05, 3.63) is 41.4 Å². The Balaban J connectivity index is 1.56. The minimum atomic E-state index is -0.330. The summed E-state index contributed by atoms with van der Waals surface area (Å²) in [5.41, 5.74) is 8.27. The van der Waals surface area contributed by atoms with E-state index in [0.717, 1.165) is 41.5 Å². The normalized spacial score (nSPS) is 22.2. The first-order valence-electron chi connectivity index (χ1n) is 10.5. The van der Waals surface area contributed by atoms with Crippen molar-refractivity contribution in [2.75, 3.05) is 23.8 Å². The van der Waals surface area contributed by atoms with E-state index in [1.165, 1.54) is 18.3 Å². The lowest BCUT2D eigenvalue weighted by atomic mass is 10.0. The number of piperidine rings is 1. The molecule has 2 aliphatic rings. The minimum Gasteiger partial charge on any atom is -0.422 e. The molecule has 0 radical (unpaired) electrons. The van der Waals surface area contributed by atoms with E-state index in [4.69, 9.17) is 27.1 Å². The molecule has 4 aromatic rings. The van der Waals surface area contributed by atoms with E-state index in [9.17, 15) is 4.39 Å². The molecule has 164 valence electrons. The number of rotatable bonds is 4. The third kappa shape index (κ3) is 3.03. The maximum Gasteiger partial charge on any atom is 0.326 e. The molecule has 1 aromatic carbocycles. The summed E-state index contributed by atoms with van der Waals surface area (Å²) >= 11 is 6.05. The lowest BCUT2D eigenvalue weighted by molar-refractivity contribution is 0.438. The van der Waals surface area contributed by atoms with Crippen LogP contribution in [-0.4, -0.2) is 45.6 Å². The fraction of sp³-hybridized carbons (Fsp3) is 0.318. The number of hydrogen-bond donors (Lipinski definition) is 3. The van der Waals surface area contributed by atoms with Crippen molar-refractivity contribution in [1.82, 2.24) is 19.9 Å². The number of benzene rings is 1. The minimum absolute atomic E-state index is 0.168. The zero-order valence-electron chi connectivity index (χ0n) is 17.3. The van der Waals surface area contributed by atoms with Gasteiger partial charge in [-0.25, -0.2) is 4.39 Å². The molecule has 1 saturated carbocycles. The quantitative estimate of drug-likeness (QED) is 0.428. The monoisotopic (exact) mass is 453 g/mol. The van der Waals surface area contributed by atoms with Crippen LogP contribution in [0.25, 0.3) is 21.9 Å². The average Bonchev–Trinajstić information content (AvgIpc) is 3.44. The Kier molecular flexibility index (Phi) is 4.38. The van der Waals surface area contributed by atoms with E-state index in [0.29, 0.717) is 28.0 Å². The van der Waals surface area contributed by atoms with Crippen molar-refractivity contribution >= 4 is 45.0 Å². The molecule has 4 heterocycles. The second-order valence-electron chi connectivity index (χ2n) is 8.45. The van der Waals surface area contributed by atoms with Crippen LogP contribution in [0.4, 0.5) is 15.9 Å². The summed E-state index contributed by atoms with van der Waals surface area (Å²) in [5.74, 6) is 1.24. The number of aromatic nitrogens is 4. The second-order valence-corrected chi connectivity index (χ2v) is 8.88. The summed E-state index contributed by atoms with van der Waals surface area (Å²) in [6, 6.07) is 5.29. The first kappa shape index (κ1) is 19.5. The summed E-state index contributed by atoms with van der Waals surface area (Å²) < 4.78 is 20.4. The van der Waals surface area contributed by atoms with Crippen LogP contribution in [0.15, 0.2) is 30.6 Å². The van der Waals surface area contributed by atoms with Gasteiger partial charge >= 0.3 is 6.01 Å². The Hall–Kier alpha value is -3.17. The van der Waals surface area contributed by atoms with Gasteiger partial charge in [-0.2, -0.15) is 9.97 Å². The number of aromatic amines is 1. The lowest BCUT2D eigenvalue weighted by Gasteiger charge is -2.31. The van der Waals surface area contributed by atoms with Crippen LogP contribution in [-0.2, 0) is 0 Å². The fourth-order valence-electron chi connectivity index (χ4n) is 5.08. The molecular formula is C22H21ClFN7O. The number of anilines is 2. The zero-order chi connectivity index (χ0) is 22.0. The molecule has 3 aromatic heterocycles. The highest BCUT2D eigenvalue weighted by molar-refractivity contribution is 6.30. The number of H-pyrrole nitrogens is 1. The lowest BCUT2D eigenvalue weighted by Crippen LogP contribution is -2.41. The summed E-state index contributed by atoms with van der Waals surface area (Å²) in [4.78, 5) is 19.0. The summed E-state index contributed by atoms with van der Waals surface area (Å²) in [6.45, 7) is 0.803. The van der Waals surface area contributed by atoms with Crippen molar-refractivity contribution in [3.8, 4) is 11.8 Å². The highest BCUT2D eigenvalue weighted by Gasteiger charge is 2.44. The average molecular weight is 454 g/mol. The van der Waals surface area contributed by atoms with Gasteiger partial charge in [0.05, 0.1) is 27.8 Å². The van der Waals surface area contributed by atoms with Crippen molar-refractivity contribution in [2.24, 2.45) is 11.7 Å². The summed E-state index contributed by atoms with van der Waals surface area (Å²) in [7, 11) is 1.76. The van der Waals surface area contributed by atoms with Crippen LogP contribution < -0.4 is 20.7 Å². The first-order chi connectivity index (χ1) is 15.5. The first-order valence-corrected chi connectivity index (χ1v) is 10.9. The number of nitrogens with zero attached hydrogens (tertiary/aromatic N) is 4. The number of hydrogen-bond acceptors (Lipinski definition) is 7. The van der Waals surface area contributed by atoms with Gasteiger partial charge in [0.2, 0.25) is 0 Å². The number of ether oxygens (including phenoxy) is 1. The van der Waals surface area contributed by atoms with E-state index < -0.39 is 0 Å². The van der Waals surface area contributed by atoms with Gasteiger partial charge in [0.1, 0.15) is 17.3 Å². The number of halogens is 2. The number of pyridine rings is 1. The van der Waals surface area contributed by atoms with Crippen LogP contribution in [0.3, 0.4) is 0 Å². The molecule has 3 atom stereocenters. The third-order valence-electron chi connectivity index (χ3n) is 6.51. The van der Waals surface area contributed by atoms with Crippen molar-refractivity contribution in [2.45, 2.75) is 24.9 Å². The van der Waals surface area contributed by atoms with Gasteiger partial charge < -0.3 is 25.7 Å². The Labute approximate surface area is 187 Å². The van der Waals surface area contributed by atoms with Gasteiger partial charge in [0, 0.05) is 43.3 Å². The summed E-state index contributed by atoms with van der Waals surface area (Å²) in [5, 5.41) is 5.00. The zero-order valence-corrected chi connectivity index (χ0v) is 18.0. The number of nitrogens with one attached hydrogen (secondary N) is 2. The van der Waals surface area contributed by atoms with Gasteiger partial charge in [-0.1, -0.05) is 11.6 Å². The second kappa shape index (κ2) is 7.18. The Morgan fingerprint density at radius 1 is 1.25 bits per heavy atom. The van der Waals surface area contributed by atoms with Gasteiger partial charge in [-0.15, -0.1) is 0 Å². The van der Waals surface area contributed by atoms with Gasteiger partial charge in [-0.05, 0) is 30.9 Å². The van der Waals surface area contributed by atoms with E-state index >= 15 is 0 Å². The van der Waals surface area contributed by atoms with Crippen LogP contribution in [0.2, 0.25) is 5.02 Å². The van der Waals surface area contributed by atoms with Crippen LogP contribution >= 0.6 is 11.6 Å². The van der Waals surface area contributed by atoms with Crippen LogP contribution in [0.5, 0.6) is 11.8 Å². The van der Waals surface area contributed by atoms with E-state index in [1.807, 2.05) is 0 Å². The molecule has 6 rings (SSSR count). The van der Waals surface area contributed by atoms with Gasteiger partial charge in [0.15, 0.2) is 5.75 Å². The van der Waals surface area contributed by atoms with E-state index in [1.54, 1.807) is 19.3 Å². The Bertz CT molecular complexity index is 1360. The molecule has 1 aliphatic carbocycles. The topological polar surface area (TPSA) is 105 Å². The molecule has 32 heavy (non-hydrogen) atoms. The maximum atomic E-state index is 14.4. The predicted octanol–water partition coefficient (Wildman–Crippen LogP) is 4.06.